The first-order valence-corrected chi connectivity index (χ1v) is 8.27. The van der Waals surface area contributed by atoms with Crippen molar-refractivity contribution < 1.29 is 14.3 Å². The highest BCUT2D eigenvalue weighted by Gasteiger charge is 2.15. The molecule has 0 aliphatic heterocycles. The van der Waals surface area contributed by atoms with E-state index in [9.17, 15) is 9.59 Å². The second-order valence-corrected chi connectivity index (χ2v) is 5.95. The zero-order valence-electron chi connectivity index (χ0n) is 13.2. The van der Waals surface area contributed by atoms with Crippen LogP contribution in [0, 0.1) is 0 Å². The molecule has 0 fully saturated rings. The molecule has 122 valence electrons. The zero-order valence-corrected chi connectivity index (χ0v) is 14.8. The van der Waals surface area contributed by atoms with Crippen molar-refractivity contribution in [3.63, 3.8) is 0 Å². The van der Waals surface area contributed by atoms with Gasteiger partial charge < -0.3 is 9.30 Å². The van der Waals surface area contributed by atoms with Gasteiger partial charge in [0, 0.05) is 13.0 Å². The van der Waals surface area contributed by atoms with Gasteiger partial charge in [-0.15, -0.1) is 0 Å². The highest BCUT2D eigenvalue weighted by atomic mass is 79.9. The van der Waals surface area contributed by atoms with Crippen LogP contribution in [0.15, 0.2) is 28.9 Å². The maximum absolute atomic E-state index is 11.5. The van der Waals surface area contributed by atoms with E-state index >= 15 is 0 Å². The van der Waals surface area contributed by atoms with Crippen LogP contribution in [-0.2, 0) is 17.7 Å². The van der Waals surface area contributed by atoms with Crippen LogP contribution >= 0.6 is 15.9 Å². The SMILES string of the molecule is CCCCc1nc(Br)c(C=O)n1Cc1ccc(C(=O)OC)cc1. The summed E-state index contributed by atoms with van der Waals surface area (Å²) in [6.45, 7) is 2.65. The molecule has 1 heterocycles. The molecule has 2 rings (SSSR count). The van der Waals surface area contributed by atoms with Crippen LogP contribution in [0.1, 0.15) is 52.0 Å². The van der Waals surface area contributed by atoms with E-state index < -0.39 is 0 Å². The number of halogens is 1. The van der Waals surface area contributed by atoms with Crippen LogP contribution in [0.5, 0.6) is 0 Å². The molecule has 0 N–H and O–H groups in total. The van der Waals surface area contributed by atoms with E-state index in [1.165, 1.54) is 7.11 Å². The lowest BCUT2D eigenvalue weighted by atomic mass is 10.1. The second-order valence-electron chi connectivity index (χ2n) is 5.20. The first-order chi connectivity index (χ1) is 11.1. The number of aldehydes is 1. The van der Waals surface area contributed by atoms with Gasteiger partial charge in [0.05, 0.1) is 12.7 Å². The first-order valence-electron chi connectivity index (χ1n) is 7.48. The number of hydrogen-bond acceptors (Lipinski definition) is 4. The van der Waals surface area contributed by atoms with Crippen molar-refractivity contribution in [1.29, 1.82) is 0 Å². The molecular weight excluding hydrogens is 360 g/mol. The maximum Gasteiger partial charge on any atom is 0.337 e. The number of aromatic nitrogens is 2. The Morgan fingerprint density at radius 1 is 1.35 bits per heavy atom. The van der Waals surface area contributed by atoms with E-state index in [1.54, 1.807) is 12.1 Å². The molecule has 0 aliphatic carbocycles. The third kappa shape index (κ3) is 4.07. The summed E-state index contributed by atoms with van der Waals surface area (Å²) in [4.78, 5) is 27.3. The van der Waals surface area contributed by atoms with Gasteiger partial charge in [-0.25, -0.2) is 9.78 Å². The summed E-state index contributed by atoms with van der Waals surface area (Å²) in [7, 11) is 1.36. The lowest BCUT2D eigenvalue weighted by Crippen LogP contribution is -2.09. The number of aryl methyl sites for hydroxylation is 1. The third-order valence-corrected chi connectivity index (χ3v) is 4.21. The molecule has 5 nitrogen and oxygen atoms in total. The third-order valence-electron chi connectivity index (χ3n) is 3.62. The van der Waals surface area contributed by atoms with Crippen molar-refractivity contribution >= 4 is 28.2 Å². The number of methoxy groups -OCH3 is 1. The van der Waals surface area contributed by atoms with Gasteiger partial charge in [0.1, 0.15) is 16.1 Å². The van der Waals surface area contributed by atoms with Gasteiger partial charge in [0.2, 0.25) is 0 Å². The highest BCUT2D eigenvalue weighted by Crippen LogP contribution is 2.20. The number of ether oxygens (including phenoxy) is 1. The number of esters is 1. The predicted octanol–water partition coefficient (Wildman–Crippen LogP) is 3.64. The average Bonchev–Trinajstić information content (AvgIpc) is 2.87. The highest BCUT2D eigenvalue weighted by molar-refractivity contribution is 9.10. The normalized spacial score (nSPS) is 10.6. The molecule has 23 heavy (non-hydrogen) atoms. The first kappa shape index (κ1) is 17.4. The molecule has 1 aromatic carbocycles. The number of nitrogens with zero attached hydrogens (tertiary/aromatic N) is 2. The van der Waals surface area contributed by atoms with Crippen LogP contribution in [-0.4, -0.2) is 28.9 Å². The van der Waals surface area contributed by atoms with Crippen molar-refractivity contribution in [2.24, 2.45) is 0 Å². The van der Waals surface area contributed by atoms with E-state index in [1.807, 2.05) is 16.7 Å². The Labute approximate surface area is 143 Å². The van der Waals surface area contributed by atoms with E-state index in [2.05, 4.69) is 27.8 Å². The number of carbonyl (C=O) groups is 2. The lowest BCUT2D eigenvalue weighted by Gasteiger charge is -2.10. The smallest absolute Gasteiger partial charge is 0.337 e. The van der Waals surface area contributed by atoms with Crippen molar-refractivity contribution in [1.82, 2.24) is 9.55 Å². The Morgan fingerprint density at radius 3 is 2.61 bits per heavy atom. The maximum atomic E-state index is 11.5. The standard InChI is InChI=1S/C17H19BrN2O3/c1-3-4-5-15-19-16(18)14(11-21)20(15)10-12-6-8-13(9-7-12)17(22)23-2/h6-9,11H,3-5,10H2,1-2H3. The van der Waals surface area contributed by atoms with E-state index in [-0.39, 0.29) is 5.97 Å². The summed E-state index contributed by atoms with van der Waals surface area (Å²) in [5.74, 6) is 0.525. The van der Waals surface area contributed by atoms with Gasteiger partial charge in [-0.1, -0.05) is 25.5 Å². The molecule has 0 spiro atoms. The summed E-state index contributed by atoms with van der Waals surface area (Å²) < 4.78 is 7.18. The number of benzene rings is 1. The topological polar surface area (TPSA) is 61.2 Å². The number of unbranched alkanes of at least 4 members (excludes halogenated alkanes) is 1. The van der Waals surface area contributed by atoms with Crippen LogP contribution in [0.25, 0.3) is 0 Å². The van der Waals surface area contributed by atoms with Crippen LogP contribution in [0.3, 0.4) is 0 Å². The Kier molecular flexibility index (Phi) is 6.10. The molecule has 0 saturated carbocycles. The quantitative estimate of drug-likeness (QED) is 0.545. The molecule has 0 saturated heterocycles. The monoisotopic (exact) mass is 378 g/mol. The zero-order chi connectivity index (χ0) is 16.8. The Morgan fingerprint density at radius 2 is 2.04 bits per heavy atom. The van der Waals surface area contributed by atoms with Crippen molar-refractivity contribution in [2.45, 2.75) is 32.7 Å². The number of hydrogen-bond donors (Lipinski definition) is 0. The summed E-state index contributed by atoms with van der Waals surface area (Å²) in [5, 5.41) is 0. The summed E-state index contributed by atoms with van der Waals surface area (Å²) in [5.41, 5.74) is 2.03. The Hall–Kier alpha value is -1.95. The molecule has 0 amide bonds. The molecule has 0 bridgehead atoms. The Balaban J connectivity index is 2.27. The van der Waals surface area contributed by atoms with Crippen molar-refractivity contribution in [3.8, 4) is 0 Å². The average molecular weight is 379 g/mol. The van der Waals surface area contributed by atoms with E-state index in [4.69, 9.17) is 4.74 Å². The summed E-state index contributed by atoms with van der Waals surface area (Å²) in [6, 6.07) is 7.16. The number of imidazole rings is 1. The molecule has 0 aliphatic rings. The van der Waals surface area contributed by atoms with Crippen LogP contribution in [0.4, 0.5) is 0 Å². The lowest BCUT2D eigenvalue weighted by molar-refractivity contribution is 0.0600. The minimum atomic E-state index is -0.362. The molecule has 0 atom stereocenters. The van der Waals surface area contributed by atoms with Crippen molar-refractivity contribution in [3.05, 3.63) is 51.5 Å². The minimum absolute atomic E-state index is 0.362. The fourth-order valence-electron chi connectivity index (χ4n) is 2.34. The van der Waals surface area contributed by atoms with Crippen LogP contribution < -0.4 is 0 Å². The van der Waals surface area contributed by atoms with Gasteiger partial charge in [0.25, 0.3) is 0 Å². The molecule has 0 radical (unpaired) electrons. The van der Waals surface area contributed by atoms with Gasteiger partial charge in [-0.2, -0.15) is 0 Å². The largest absolute Gasteiger partial charge is 0.465 e. The minimum Gasteiger partial charge on any atom is -0.465 e. The predicted molar refractivity (Wildman–Crippen MR) is 90.8 cm³/mol. The molecule has 1 aromatic heterocycles. The molecule has 6 heteroatoms. The number of rotatable bonds is 7. The second kappa shape index (κ2) is 8.06. The van der Waals surface area contributed by atoms with E-state index in [0.717, 1.165) is 36.9 Å². The fraction of sp³-hybridized carbons (Fsp3) is 0.353. The van der Waals surface area contributed by atoms with E-state index in [0.29, 0.717) is 22.4 Å². The molecule has 2 aromatic rings. The summed E-state index contributed by atoms with van der Waals surface area (Å²) >= 11 is 3.35. The van der Waals surface area contributed by atoms with Crippen LogP contribution in [0.2, 0.25) is 0 Å². The Bertz CT molecular complexity index is 693. The molecular formula is C17H19BrN2O3. The number of carbonyl (C=O) groups excluding carboxylic acids is 2. The van der Waals surface area contributed by atoms with Crippen molar-refractivity contribution in [2.75, 3.05) is 7.11 Å². The molecule has 0 unspecified atom stereocenters. The van der Waals surface area contributed by atoms with Gasteiger partial charge in [0.15, 0.2) is 6.29 Å². The summed E-state index contributed by atoms with van der Waals surface area (Å²) in [6.07, 6.45) is 3.72. The fourth-order valence-corrected chi connectivity index (χ4v) is 2.85. The van der Waals surface area contributed by atoms with Gasteiger partial charge in [-0.05, 0) is 40.0 Å². The van der Waals surface area contributed by atoms with Gasteiger partial charge in [-0.3, -0.25) is 4.79 Å². The van der Waals surface area contributed by atoms with Gasteiger partial charge >= 0.3 is 5.97 Å².